The van der Waals surface area contributed by atoms with Gasteiger partial charge in [-0.15, -0.1) is 11.3 Å². The van der Waals surface area contributed by atoms with E-state index in [-0.39, 0.29) is 0 Å². The zero-order valence-corrected chi connectivity index (χ0v) is 11.5. The van der Waals surface area contributed by atoms with E-state index >= 15 is 0 Å². The third-order valence-corrected chi connectivity index (χ3v) is 3.80. The second kappa shape index (κ2) is 5.10. The third-order valence-electron chi connectivity index (χ3n) is 3.16. The van der Waals surface area contributed by atoms with Crippen LogP contribution in [0.1, 0.15) is 35.8 Å². The molecule has 2 aromatic rings. The number of nitrogens with zero attached hydrogens (tertiary/aromatic N) is 3. The molecule has 6 nitrogen and oxygen atoms in total. The van der Waals surface area contributed by atoms with E-state index in [0.717, 1.165) is 22.9 Å². The summed E-state index contributed by atoms with van der Waals surface area (Å²) in [6.07, 6.45) is 2.33. The smallest absolute Gasteiger partial charge is 0.148 e. The number of hydrogen-bond donors (Lipinski definition) is 3. The molecule has 1 saturated carbocycles. The lowest BCUT2D eigenvalue weighted by Crippen LogP contribution is -2.14. The van der Waals surface area contributed by atoms with Crippen molar-refractivity contribution in [2.75, 3.05) is 10.7 Å². The van der Waals surface area contributed by atoms with Crippen LogP contribution in [0.3, 0.4) is 0 Å². The highest BCUT2D eigenvalue weighted by molar-refractivity contribution is 7.07. The van der Waals surface area contributed by atoms with Gasteiger partial charge in [0.15, 0.2) is 0 Å². The normalized spacial score (nSPS) is 14.4. The topological polar surface area (TPSA) is 88.8 Å². The molecule has 0 amide bonds. The summed E-state index contributed by atoms with van der Waals surface area (Å²) in [7, 11) is 0. The van der Waals surface area contributed by atoms with Gasteiger partial charge in [-0.2, -0.15) is 0 Å². The maximum absolute atomic E-state index is 5.52. The van der Waals surface area contributed by atoms with Gasteiger partial charge in [0.1, 0.15) is 17.5 Å². The van der Waals surface area contributed by atoms with Gasteiger partial charge in [0, 0.05) is 16.9 Å². The first-order chi connectivity index (χ1) is 9.28. The molecule has 2 heterocycles. The number of nitrogens with one attached hydrogen (secondary N) is 2. The monoisotopic (exact) mass is 276 g/mol. The molecule has 19 heavy (non-hydrogen) atoms. The first-order valence-corrected chi connectivity index (χ1v) is 7.18. The molecule has 0 bridgehead atoms. The van der Waals surface area contributed by atoms with Crippen LogP contribution in [0, 0.1) is 6.92 Å². The minimum Gasteiger partial charge on any atom is -0.364 e. The van der Waals surface area contributed by atoms with Crippen LogP contribution < -0.4 is 16.6 Å². The van der Waals surface area contributed by atoms with Crippen LogP contribution in [0.5, 0.6) is 0 Å². The Kier molecular flexibility index (Phi) is 3.31. The highest BCUT2D eigenvalue weighted by atomic mass is 32.1. The Labute approximate surface area is 115 Å². The van der Waals surface area contributed by atoms with Crippen LogP contribution in [0.4, 0.5) is 11.6 Å². The molecule has 0 aliphatic heterocycles. The van der Waals surface area contributed by atoms with Gasteiger partial charge in [0.05, 0.1) is 17.7 Å². The number of rotatable bonds is 5. The third kappa shape index (κ3) is 2.66. The average molecular weight is 276 g/mol. The quantitative estimate of drug-likeness (QED) is 0.572. The lowest BCUT2D eigenvalue weighted by atomic mass is 10.2. The highest BCUT2D eigenvalue weighted by Gasteiger charge is 2.28. The molecule has 1 aliphatic carbocycles. The van der Waals surface area contributed by atoms with Crippen molar-refractivity contribution in [3.63, 3.8) is 0 Å². The number of hydrazine groups is 1. The van der Waals surface area contributed by atoms with Crippen molar-refractivity contribution in [3.8, 4) is 0 Å². The summed E-state index contributed by atoms with van der Waals surface area (Å²) in [5, 5.41) is 5.33. The molecule has 0 radical (unpaired) electrons. The molecule has 0 aromatic carbocycles. The van der Waals surface area contributed by atoms with E-state index in [4.69, 9.17) is 5.84 Å². The van der Waals surface area contributed by atoms with E-state index in [1.54, 1.807) is 11.3 Å². The van der Waals surface area contributed by atoms with Crippen LogP contribution >= 0.6 is 11.3 Å². The summed E-state index contributed by atoms with van der Waals surface area (Å²) in [6, 6.07) is 0. The standard InChI is InChI=1S/C12H16N6S/c1-7-10(14-4-9-5-19-6-15-9)16-12(8-2-3-8)17-11(7)18-13/h5-6,8H,2-4,13H2,1H3,(H2,14,16,17,18). The summed E-state index contributed by atoms with van der Waals surface area (Å²) >= 11 is 1.59. The fourth-order valence-electron chi connectivity index (χ4n) is 1.87. The van der Waals surface area contributed by atoms with Crippen LogP contribution in [0.15, 0.2) is 10.9 Å². The Balaban J connectivity index is 1.83. The van der Waals surface area contributed by atoms with E-state index < -0.39 is 0 Å². The zero-order chi connectivity index (χ0) is 13.2. The lowest BCUT2D eigenvalue weighted by molar-refractivity contribution is 0.907. The Morgan fingerprint density at radius 1 is 1.37 bits per heavy atom. The number of thiazole rings is 1. The molecule has 7 heteroatoms. The number of nitrogens with two attached hydrogens (primary N) is 1. The van der Waals surface area contributed by atoms with Gasteiger partial charge in [0.2, 0.25) is 0 Å². The van der Waals surface area contributed by atoms with E-state index in [2.05, 4.69) is 25.7 Å². The van der Waals surface area contributed by atoms with Crippen molar-refractivity contribution >= 4 is 23.0 Å². The molecule has 1 aliphatic rings. The fraction of sp³-hybridized carbons (Fsp3) is 0.417. The summed E-state index contributed by atoms with van der Waals surface area (Å²) in [6.45, 7) is 2.62. The van der Waals surface area contributed by atoms with Gasteiger partial charge < -0.3 is 10.7 Å². The first-order valence-electron chi connectivity index (χ1n) is 6.24. The van der Waals surface area contributed by atoms with Crippen molar-refractivity contribution in [1.82, 2.24) is 15.0 Å². The van der Waals surface area contributed by atoms with Crippen LogP contribution in [-0.2, 0) is 6.54 Å². The molecule has 3 rings (SSSR count). The second-order valence-electron chi connectivity index (χ2n) is 4.66. The maximum atomic E-state index is 5.52. The van der Waals surface area contributed by atoms with Crippen molar-refractivity contribution < 1.29 is 0 Å². The molecule has 4 N–H and O–H groups in total. The van der Waals surface area contributed by atoms with E-state index in [0.29, 0.717) is 18.3 Å². The molecule has 0 unspecified atom stereocenters. The van der Waals surface area contributed by atoms with Crippen molar-refractivity contribution in [3.05, 3.63) is 28.0 Å². The molecule has 0 atom stereocenters. The number of hydrogen-bond acceptors (Lipinski definition) is 7. The molecular formula is C12H16N6S. The van der Waals surface area contributed by atoms with E-state index in [1.165, 1.54) is 12.8 Å². The van der Waals surface area contributed by atoms with Crippen molar-refractivity contribution in [1.29, 1.82) is 0 Å². The van der Waals surface area contributed by atoms with Gasteiger partial charge in [-0.1, -0.05) is 0 Å². The van der Waals surface area contributed by atoms with Crippen molar-refractivity contribution in [2.24, 2.45) is 5.84 Å². The summed E-state index contributed by atoms with van der Waals surface area (Å²) in [5.41, 5.74) is 6.42. The zero-order valence-electron chi connectivity index (χ0n) is 10.7. The maximum Gasteiger partial charge on any atom is 0.148 e. The first kappa shape index (κ1) is 12.3. The minimum atomic E-state index is 0.493. The average Bonchev–Trinajstić information content (AvgIpc) is 3.14. The second-order valence-corrected chi connectivity index (χ2v) is 5.37. The van der Waals surface area contributed by atoms with E-state index in [1.807, 2.05) is 17.8 Å². The number of aromatic nitrogens is 3. The molecule has 0 spiro atoms. The molecule has 0 saturated heterocycles. The van der Waals surface area contributed by atoms with Crippen molar-refractivity contribution in [2.45, 2.75) is 32.2 Å². The summed E-state index contributed by atoms with van der Waals surface area (Å²) in [4.78, 5) is 13.3. The summed E-state index contributed by atoms with van der Waals surface area (Å²) < 4.78 is 0. The van der Waals surface area contributed by atoms with E-state index in [9.17, 15) is 0 Å². The SMILES string of the molecule is Cc1c(NN)nc(C2CC2)nc1NCc1cscn1. The summed E-state index contributed by atoms with van der Waals surface area (Å²) in [5.74, 6) is 8.41. The molecule has 1 fully saturated rings. The lowest BCUT2D eigenvalue weighted by Gasteiger charge is -2.12. The van der Waals surface area contributed by atoms with Crippen LogP contribution in [-0.4, -0.2) is 15.0 Å². The Morgan fingerprint density at radius 3 is 2.79 bits per heavy atom. The van der Waals surface area contributed by atoms with Gasteiger partial charge in [0.25, 0.3) is 0 Å². The Morgan fingerprint density at radius 2 is 2.16 bits per heavy atom. The van der Waals surface area contributed by atoms with Crippen LogP contribution in [0.2, 0.25) is 0 Å². The molecular weight excluding hydrogens is 260 g/mol. The van der Waals surface area contributed by atoms with Gasteiger partial charge in [-0.25, -0.2) is 20.8 Å². The fourth-order valence-corrected chi connectivity index (χ4v) is 2.43. The molecule has 100 valence electrons. The number of nitrogen functional groups attached to an aromatic ring is 1. The number of anilines is 2. The molecule has 2 aromatic heterocycles. The highest BCUT2D eigenvalue weighted by Crippen LogP contribution is 2.39. The Hall–Kier alpha value is -1.73. The predicted molar refractivity (Wildman–Crippen MR) is 76.0 cm³/mol. The minimum absolute atomic E-state index is 0.493. The predicted octanol–water partition coefficient (Wildman–Crippen LogP) is 2.02. The Bertz CT molecular complexity index is 564. The van der Waals surface area contributed by atoms with Gasteiger partial charge in [-0.05, 0) is 19.8 Å². The largest absolute Gasteiger partial charge is 0.364 e. The van der Waals surface area contributed by atoms with Gasteiger partial charge in [-0.3, -0.25) is 0 Å². The van der Waals surface area contributed by atoms with Crippen LogP contribution in [0.25, 0.3) is 0 Å². The van der Waals surface area contributed by atoms with Gasteiger partial charge >= 0.3 is 0 Å².